The summed E-state index contributed by atoms with van der Waals surface area (Å²) < 4.78 is 7.23. The summed E-state index contributed by atoms with van der Waals surface area (Å²) in [4.78, 5) is 24.2. The zero-order valence-corrected chi connectivity index (χ0v) is 17.0. The Morgan fingerprint density at radius 3 is 2.69 bits per heavy atom. The van der Waals surface area contributed by atoms with E-state index in [1.807, 2.05) is 13.0 Å². The van der Waals surface area contributed by atoms with E-state index in [0.29, 0.717) is 27.9 Å². The molecule has 0 aliphatic heterocycles. The number of aromatic nitrogens is 2. The number of primary amides is 1. The molecule has 1 heterocycles. The van der Waals surface area contributed by atoms with Crippen molar-refractivity contribution in [2.75, 3.05) is 5.32 Å². The van der Waals surface area contributed by atoms with Crippen LogP contribution >= 0.6 is 23.2 Å². The molecular formula is C20H18Cl2N4O3. The van der Waals surface area contributed by atoms with Gasteiger partial charge < -0.3 is 15.8 Å². The van der Waals surface area contributed by atoms with Crippen molar-refractivity contribution < 1.29 is 14.3 Å². The summed E-state index contributed by atoms with van der Waals surface area (Å²) in [6, 6.07) is 12.0. The van der Waals surface area contributed by atoms with Crippen LogP contribution in [0.2, 0.25) is 10.0 Å². The van der Waals surface area contributed by atoms with Gasteiger partial charge in [0, 0.05) is 18.3 Å². The second-order valence-electron chi connectivity index (χ2n) is 6.11. The fraction of sp³-hybridized carbons (Fsp3) is 0.150. The summed E-state index contributed by atoms with van der Waals surface area (Å²) in [5, 5.41) is 7.46. The van der Waals surface area contributed by atoms with E-state index in [9.17, 15) is 9.59 Å². The summed E-state index contributed by atoms with van der Waals surface area (Å²) >= 11 is 12.1. The van der Waals surface area contributed by atoms with Crippen LogP contribution < -0.4 is 15.8 Å². The fourth-order valence-corrected chi connectivity index (χ4v) is 2.96. The average molecular weight is 433 g/mol. The number of halogens is 2. The highest BCUT2D eigenvalue weighted by Gasteiger charge is 2.17. The van der Waals surface area contributed by atoms with Crippen molar-refractivity contribution in [2.24, 2.45) is 5.73 Å². The minimum atomic E-state index is -0.715. The molecule has 0 saturated heterocycles. The third-order valence-electron chi connectivity index (χ3n) is 4.07. The third kappa shape index (κ3) is 4.88. The molecule has 3 rings (SSSR count). The van der Waals surface area contributed by atoms with Crippen LogP contribution in [0, 0.1) is 0 Å². The van der Waals surface area contributed by atoms with Gasteiger partial charge >= 0.3 is 0 Å². The van der Waals surface area contributed by atoms with Gasteiger partial charge in [-0.15, -0.1) is 0 Å². The number of hydrogen-bond acceptors (Lipinski definition) is 4. The standard InChI is InChI=1S/C20H18Cl2N4O3/c1-2-26-10-15(18(25-26)19(23)27)24-20(28)13-6-3-5-12(9-13)11-29-16-8-4-7-14(21)17(16)22/h3-10H,2,11H2,1H3,(H2,23,27)(H,24,28). The highest BCUT2D eigenvalue weighted by molar-refractivity contribution is 6.42. The maximum absolute atomic E-state index is 12.6. The van der Waals surface area contributed by atoms with Gasteiger partial charge in [0.25, 0.3) is 11.8 Å². The molecule has 2 amide bonds. The molecule has 0 spiro atoms. The third-order valence-corrected chi connectivity index (χ3v) is 4.87. The maximum Gasteiger partial charge on any atom is 0.271 e. The lowest BCUT2D eigenvalue weighted by molar-refractivity contribution is 0.0995. The van der Waals surface area contributed by atoms with E-state index in [4.69, 9.17) is 33.7 Å². The molecule has 150 valence electrons. The molecule has 2 aromatic carbocycles. The molecule has 1 aromatic heterocycles. The number of hydrogen-bond donors (Lipinski definition) is 2. The van der Waals surface area contributed by atoms with Crippen molar-refractivity contribution in [3.8, 4) is 5.75 Å². The van der Waals surface area contributed by atoms with E-state index in [2.05, 4.69) is 10.4 Å². The number of benzene rings is 2. The Kier molecular flexibility index (Phi) is 6.41. The molecule has 0 aliphatic rings. The van der Waals surface area contributed by atoms with Gasteiger partial charge in [-0.25, -0.2) is 0 Å². The summed E-state index contributed by atoms with van der Waals surface area (Å²) in [5.74, 6) is -0.661. The van der Waals surface area contributed by atoms with Crippen LogP contribution in [-0.2, 0) is 13.2 Å². The van der Waals surface area contributed by atoms with Crippen LogP contribution in [0.3, 0.4) is 0 Å². The largest absolute Gasteiger partial charge is 0.487 e. The highest BCUT2D eigenvalue weighted by Crippen LogP contribution is 2.32. The SMILES string of the molecule is CCn1cc(NC(=O)c2cccc(COc3cccc(Cl)c3Cl)c2)c(C(N)=O)n1. The summed E-state index contributed by atoms with van der Waals surface area (Å²) in [6.07, 6.45) is 1.56. The molecule has 0 atom stereocenters. The van der Waals surface area contributed by atoms with Crippen molar-refractivity contribution in [1.82, 2.24) is 9.78 Å². The molecular weight excluding hydrogens is 415 g/mol. The summed E-state index contributed by atoms with van der Waals surface area (Å²) in [5.41, 5.74) is 6.76. The molecule has 0 bridgehead atoms. The van der Waals surface area contributed by atoms with Crippen molar-refractivity contribution in [1.29, 1.82) is 0 Å². The van der Waals surface area contributed by atoms with Gasteiger partial charge in [0.05, 0.1) is 10.7 Å². The van der Waals surface area contributed by atoms with E-state index < -0.39 is 11.8 Å². The Morgan fingerprint density at radius 1 is 1.21 bits per heavy atom. The fourth-order valence-electron chi connectivity index (χ4n) is 2.61. The van der Waals surface area contributed by atoms with Crippen LogP contribution in [0.25, 0.3) is 0 Å². The van der Waals surface area contributed by atoms with E-state index in [1.54, 1.807) is 42.6 Å². The number of aryl methyl sites for hydroxylation is 1. The molecule has 0 aliphatic carbocycles. The van der Waals surface area contributed by atoms with Crippen LogP contribution in [0.15, 0.2) is 48.7 Å². The number of nitrogens with zero attached hydrogens (tertiary/aromatic N) is 2. The van der Waals surface area contributed by atoms with Gasteiger partial charge in [0.1, 0.15) is 17.4 Å². The number of anilines is 1. The predicted molar refractivity (Wildman–Crippen MR) is 112 cm³/mol. The first-order chi connectivity index (χ1) is 13.9. The Balaban J connectivity index is 1.74. The molecule has 3 N–H and O–H groups in total. The van der Waals surface area contributed by atoms with E-state index in [-0.39, 0.29) is 18.0 Å². The predicted octanol–water partition coefficient (Wildman–Crippen LogP) is 4.14. The first-order valence-electron chi connectivity index (χ1n) is 8.73. The number of nitrogens with one attached hydrogen (secondary N) is 1. The number of carbonyl (C=O) groups is 2. The molecule has 29 heavy (non-hydrogen) atoms. The Hall–Kier alpha value is -3.03. The zero-order valence-electron chi connectivity index (χ0n) is 15.5. The van der Waals surface area contributed by atoms with Crippen LogP contribution in [0.4, 0.5) is 5.69 Å². The first-order valence-corrected chi connectivity index (χ1v) is 9.49. The van der Waals surface area contributed by atoms with Gasteiger partial charge in [0.2, 0.25) is 0 Å². The second-order valence-corrected chi connectivity index (χ2v) is 6.89. The van der Waals surface area contributed by atoms with Gasteiger partial charge in [0.15, 0.2) is 5.69 Å². The van der Waals surface area contributed by atoms with E-state index in [1.165, 1.54) is 4.68 Å². The van der Waals surface area contributed by atoms with Gasteiger partial charge in [-0.05, 0) is 36.8 Å². The molecule has 0 radical (unpaired) electrons. The van der Waals surface area contributed by atoms with E-state index >= 15 is 0 Å². The lowest BCUT2D eigenvalue weighted by atomic mass is 10.1. The zero-order chi connectivity index (χ0) is 21.0. The van der Waals surface area contributed by atoms with Gasteiger partial charge in [-0.2, -0.15) is 5.10 Å². The maximum atomic E-state index is 12.6. The van der Waals surface area contributed by atoms with Crippen LogP contribution in [0.1, 0.15) is 33.3 Å². The number of rotatable bonds is 7. The van der Waals surface area contributed by atoms with Crippen molar-refractivity contribution >= 4 is 40.7 Å². The lowest BCUT2D eigenvalue weighted by Gasteiger charge is -2.10. The van der Waals surface area contributed by atoms with E-state index in [0.717, 1.165) is 5.56 Å². The number of nitrogens with two attached hydrogens (primary N) is 1. The van der Waals surface area contributed by atoms with Gasteiger partial charge in [-0.1, -0.05) is 41.4 Å². The van der Waals surface area contributed by atoms with Crippen LogP contribution in [0.5, 0.6) is 5.75 Å². The molecule has 7 nitrogen and oxygen atoms in total. The minimum absolute atomic E-state index is 0.00952. The molecule has 3 aromatic rings. The Morgan fingerprint density at radius 2 is 1.97 bits per heavy atom. The molecule has 9 heteroatoms. The lowest BCUT2D eigenvalue weighted by Crippen LogP contribution is -2.18. The summed E-state index contributed by atoms with van der Waals surface area (Å²) in [6.45, 7) is 2.59. The van der Waals surface area contributed by atoms with Crippen molar-refractivity contribution in [3.63, 3.8) is 0 Å². The quantitative estimate of drug-likeness (QED) is 0.585. The Labute approximate surface area is 177 Å². The second kappa shape index (κ2) is 8.98. The molecule has 0 saturated carbocycles. The minimum Gasteiger partial charge on any atom is -0.487 e. The normalized spacial score (nSPS) is 10.6. The summed E-state index contributed by atoms with van der Waals surface area (Å²) in [7, 11) is 0. The monoisotopic (exact) mass is 432 g/mol. The van der Waals surface area contributed by atoms with Crippen molar-refractivity contribution in [2.45, 2.75) is 20.1 Å². The Bertz CT molecular complexity index is 1070. The van der Waals surface area contributed by atoms with Gasteiger partial charge in [-0.3, -0.25) is 14.3 Å². The number of carbonyl (C=O) groups excluding carboxylic acids is 2. The molecule has 0 fully saturated rings. The topological polar surface area (TPSA) is 99.2 Å². The smallest absolute Gasteiger partial charge is 0.271 e. The highest BCUT2D eigenvalue weighted by atomic mass is 35.5. The molecule has 0 unspecified atom stereocenters. The average Bonchev–Trinajstić information content (AvgIpc) is 3.12. The van der Waals surface area contributed by atoms with Crippen molar-refractivity contribution in [3.05, 3.63) is 75.5 Å². The first kappa shape index (κ1) is 20.7. The van der Waals surface area contributed by atoms with Crippen LogP contribution in [-0.4, -0.2) is 21.6 Å². The number of ether oxygens (including phenoxy) is 1. The number of amides is 2.